The van der Waals surface area contributed by atoms with Gasteiger partial charge in [-0.2, -0.15) is 0 Å². The van der Waals surface area contributed by atoms with Gasteiger partial charge in [-0.15, -0.1) is 11.8 Å². The van der Waals surface area contributed by atoms with E-state index in [0.29, 0.717) is 20.5 Å². The zero-order valence-electron chi connectivity index (χ0n) is 10.4. The van der Waals surface area contributed by atoms with E-state index in [0.717, 1.165) is 9.79 Å². The molecular weight excluding hydrogens is 335 g/mol. The Balaban J connectivity index is 2.48. The van der Waals surface area contributed by atoms with Crippen molar-refractivity contribution in [3.63, 3.8) is 0 Å². The minimum absolute atomic E-state index is 0.293. The highest BCUT2D eigenvalue weighted by Crippen LogP contribution is 2.39. The lowest BCUT2D eigenvalue weighted by molar-refractivity contribution is 0.0689. The Morgan fingerprint density at radius 2 is 1.80 bits per heavy atom. The molecule has 0 aliphatic rings. The molecule has 0 saturated heterocycles. The summed E-state index contributed by atoms with van der Waals surface area (Å²) in [6, 6.07) is 10.5. The second kappa shape index (κ2) is 6.76. The number of carboxylic acids is 1. The Hall–Kier alpha value is -0.810. The Morgan fingerprint density at radius 3 is 2.45 bits per heavy atom. The average Bonchev–Trinajstić information content (AvgIpc) is 2.42. The minimum Gasteiger partial charge on any atom is -0.478 e. The van der Waals surface area contributed by atoms with Crippen molar-refractivity contribution >= 4 is 52.7 Å². The molecule has 0 aliphatic carbocycles. The zero-order chi connectivity index (χ0) is 14.7. The predicted octanol–water partition coefficient (Wildman–Crippen LogP) is 5.56. The van der Waals surface area contributed by atoms with E-state index in [1.165, 1.54) is 23.5 Å². The number of carbonyl (C=O) groups is 1. The molecule has 0 bridgehead atoms. The van der Waals surface area contributed by atoms with E-state index in [4.69, 9.17) is 23.2 Å². The van der Waals surface area contributed by atoms with Gasteiger partial charge in [0.25, 0.3) is 0 Å². The van der Waals surface area contributed by atoms with E-state index in [2.05, 4.69) is 0 Å². The van der Waals surface area contributed by atoms with Crippen molar-refractivity contribution in [3.05, 3.63) is 52.0 Å². The van der Waals surface area contributed by atoms with Crippen LogP contribution in [-0.4, -0.2) is 17.3 Å². The molecule has 0 saturated carbocycles. The first-order valence-electron chi connectivity index (χ1n) is 5.56. The number of carboxylic acid groups (broad SMARTS) is 1. The second-order valence-corrected chi connectivity index (χ2v) is 6.59. The van der Waals surface area contributed by atoms with E-state index < -0.39 is 5.97 Å². The van der Waals surface area contributed by atoms with Crippen LogP contribution in [0.15, 0.2) is 51.1 Å². The van der Waals surface area contributed by atoms with Crippen LogP contribution in [-0.2, 0) is 0 Å². The van der Waals surface area contributed by atoms with Crippen molar-refractivity contribution < 1.29 is 9.90 Å². The smallest absolute Gasteiger partial charge is 0.337 e. The molecule has 0 spiro atoms. The molecule has 20 heavy (non-hydrogen) atoms. The summed E-state index contributed by atoms with van der Waals surface area (Å²) in [5, 5.41) is 10.5. The van der Waals surface area contributed by atoms with Crippen molar-refractivity contribution in [1.29, 1.82) is 0 Å². The lowest BCUT2D eigenvalue weighted by Gasteiger charge is -2.10. The molecule has 0 aromatic heterocycles. The molecule has 2 aromatic rings. The number of halogens is 2. The van der Waals surface area contributed by atoms with E-state index in [-0.39, 0.29) is 0 Å². The third-order valence-electron chi connectivity index (χ3n) is 2.53. The van der Waals surface area contributed by atoms with Gasteiger partial charge >= 0.3 is 5.97 Å². The normalized spacial score (nSPS) is 10.6. The number of benzene rings is 2. The lowest BCUT2D eigenvalue weighted by Crippen LogP contribution is -2.01. The Labute approximate surface area is 135 Å². The van der Waals surface area contributed by atoms with Crippen LogP contribution in [0.1, 0.15) is 10.4 Å². The van der Waals surface area contributed by atoms with Crippen LogP contribution in [0.25, 0.3) is 0 Å². The second-order valence-electron chi connectivity index (χ2n) is 3.82. The Kier molecular flexibility index (Phi) is 5.27. The van der Waals surface area contributed by atoms with E-state index >= 15 is 0 Å². The standard InChI is InChI=1S/C14H10Cl2O2S2/c1-19-10-3-2-4-11(13(10)14(17)18)20-12-7-8(15)5-6-9(12)16/h2-7H,1H3,(H,17,18). The number of hydrogen-bond donors (Lipinski definition) is 1. The van der Waals surface area contributed by atoms with Crippen LogP contribution in [0.5, 0.6) is 0 Å². The summed E-state index contributed by atoms with van der Waals surface area (Å²) in [4.78, 5) is 13.6. The number of rotatable bonds is 4. The molecule has 6 heteroatoms. The van der Waals surface area contributed by atoms with Gasteiger partial charge in [0.1, 0.15) is 0 Å². The van der Waals surface area contributed by atoms with Gasteiger partial charge < -0.3 is 5.11 Å². The molecule has 0 atom stereocenters. The molecule has 0 aliphatic heterocycles. The zero-order valence-corrected chi connectivity index (χ0v) is 13.5. The fourth-order valence-electron chi connectivity index (χ4n) is 1.65. The van der Waals surface area contributed by atoms with Crippen molar-refractivity contribution in [3.8, 4) is 0 Å². The third kappa shape index (κ3) is 3.44. The molecule has 0 amide bonds. The highest BCUT2D eigenvalue weighted by molar-refractivity contribution is 8.00. The van der Waals surface area contributed by atoms with Gasteiger partial charge in [0, 0.05) is 19.7 Å². The molecule has 0 fully saturated rings. The summed E-state index contributed by atoms with van der Waals surface area (Å²) in [6.45, 7) is 0. The molecule has 0 radical (unpaired) electrons. The first-order valence-corrected chi connectivity index (χ1v) is 8.36. The van der Waals surface area contributed by atoms with Crippen molar-refractivity contribution in [2.75, 3.05) is 6.26 Å². The van der Waals surface area contributed by atoms with Gasteiger partial charge in [0.2, 0.25) is 0 Å². The monoisotopic (exact) mass is 344 g/mol. The molecule has 0 unspecified atom stereocenters. The summed E-state index contributed by atoms with van der Waals surface area (Å²) < 4.78 is 0. The Morgan fingerprint density at radius 1 is 1.10 bits per heavy atom. The van der Waals surface area contributed by atoms with Crippen LogP contribution in [0.4, 0.5) is 0 Å². The molecule has 0 heterocycles. The molecule has 2 rings (SSSR count). The van der Waals surface area contributed by atoms with Gasteiger partial charge in [-0.05, 0) is 36.6 Å². The fourth-order valence-corrected chi connectivity index (χ4v) is 3.84. The van der Waals surface area contributed by atoms with E-state index in [1.807, 2.05) is 12.3 Å². The van der Waals surface area contributed by atoms with Gasteiger partial charge in [0.05, 0.1) is 10.6 Å². The lowest BCUT2D eigenvalue weighted by atomic mass is 10.2. The molecule has 1 N–H and O–H groups in total. The SMILES string of the molecule is CSc1cccc(Sc2cc(Cl)ccc2Cl)c1C(=O)O. The minimum atomic E-state index is -0.949. The fraction of sp³-hybridized carbons (Fsp3) is 0.0714. The molecular formula is C14H10Cl2O2S2. The van der Waals surface area contributed by atoms with Crippen molar-refractivity contribution in [2.24, 2.45) is 0 Å². The van der Waals surface area contributed by atoms with Gasteiger partial charge in [-0.25, -0.2) is 4.79 Å². The van der Waals surface area contributed by atoms with E-state index in [1.54, 1.807) is 30.3 Å². The van der Waals surface area contributed by atoms with Crippen LogP contribution in [0.3, 0.4) is 0 Å². The maximum absolute atomic E-state index is 11.5. The number of hydrogen-bond acceptors (Lipinski definition) is 3. The first-order chi connectivity index (χ1) is 9.52. The average molecular weight is 345 g/mol. The first kappa shape index (κ1) is 15.6. The van der Waals surface area contributed by atoms with Crippen molar-refractivity contribution in [1.82, 2.24) is 0 Å². The number of thioether (sulfide) groups is 1. The predicted molar refractivity (Wildman–Crippen MR) is 85.8 cm³/mol. The summed E-state index contributed by atoms with van der Waals surface area (Å²) in [6.07, 6.45) is 1.85. The molecule has 2 aromatic carbocycles. The van der Waals surface area contributed by atoms with Crippen LogP contribution in [0, 0.1) is 0 Å². The molecule has 2 nitrogen and oxygen atoms in total. The van der Waals surface area contributed by atoms with Gasteiger partial charge in [-0.3, -0.25) is 0 Å². The van der Waals surface area contributed by atoms with Crippen molar-refractivity contribution in [2.45, 2.75) is 14.7 Å². The molecule has 104 valence electrons. The maximum atomic E-state index is 11.5. The summed E-state index contributed by atoms with van der Waals surface area (Å²) in [7, 11) is 0. The number of aromatic carboxylic acids is 1. The highest BCUT2D eigenvalue weighted by Gasteiger charge is 2.16. The quantitative estimate of drug-likeness (QED) is 0.736. The topological polar surface area (TPSA) is 37.3 Å². The van der Waals surface area contributed by atoms with Crippen LogP contribution < -0.4 is 0 Å². The summed E-state index contributed by atoms with van der Waals surface area (Å²) in [5.41, 5.74) is 0.293. The van der Waals surface area contributed by atoms with Gasteiger partial charge in [0.15, 0.2) is 0 Å². The largest absolute Gasteiger partial charge is 0.478 e. The van der Waals surface area contributed by atoms with E-state index in [9.17, 15) is 9.90 Å². The Bertz CT molecular complexity index is 660. The summed E-state index contributed by atoms with van der Waals surface area (Å²) >= 11 is 14.8. The highest BCUT2D eigenvalue weighted by atomic mass is 35.5. The summed E-state index contributed by atoms with van der Waals surface area (Å²) in [5.74, 6) is -0.949. The maximum Gasteiger partial charge on any atom is 0.337 e. The van der Waals surface area contributed by atoms with Crippen LogP contribution >= 0.6 is 46.7 Å². The third-order valence-corrected chi connectivity index (χ3v) is 5.11. The van der Waals surface area contributed by atoms with Gasteiger partial charge in [-0.1, -0.05) is 41.0 Å². The van der Waals surface area contributed by atoms with Crippen LogP contribution in [0.2, 0.25) is 10.0 Å².